The summed E-state index contributed by atoms with van der Waals surface area (Å²) in [5.74, 6) is 0.521. The number of fused-ring (bicyclic) bond motifs is 2. The number of hydrogen-bond acceptors (Lipinski definition) is 2. The van der Waals surface area contributed by atoms with E-state index in [4.69, 9.17) is 0 Å². The summed E-state index contributed by atoms with van der Waals surface area (Å²) in [6, 6.07) is 9.40. The second-order valence-electron chi connectivity index (χ2n) is 6.60. The van der Waals surface area contributed by atoms with Crippen molar-refractivity contribution in [3.8, 4) is 0 Å². The molecule has 1 N–H and O–H groups in total. The Kier molecular flexibility index (Phi) is 2.44. The monoisotopic (exact) mass is 256 g/mol. The van der Waals surface area contributed by atoms with Crippen molar-refractivity contribution in [1.82, 2.24) is 0 Å². The number of benzene rings is 1. The summed E-state index contributed by atoms with van der Waals surface area (Å²) in [6.07, 6.45) is 1.94. The molecule has 2 saturated carbocycles. The number of aliphatic hydroxyl groups excluding tert-OH is 1. The SMILES string of the molecule is CC12CCC(C(=C(O)c3ccccc3)C1=O)C2(C)C. The molecule has 0 radical (unpaired) electrons. The molecule has 2 aliphatic carbocycles. The van der Waals surface area contributed by atoms with Crippen molar-refractivity contribution in [1.29, 1.82) is 0 Å². The van der Waals surface area contributed by atoms with E-state index in [0.717, 1.165) is 18.4 Å². The normalized spacial score (nSPS) is 34.7. The van der Waals surface area contributed by atoms with Crippen molar-refractivity contribution in [2.24, 2.45) is 16.7 Å². The zero-order valence-electron chi connectivity index (χ0n) is 11.7. The van der Waals surface area contributed by atoms with Crippen LogP contribution in [0, 0.1) is 16.7 Å². The molecule has 0 heterocycles. The highest BCUT2D eigenvalue weighted by atomic mass is 16.3. The summed E-state index contributed by atoms with van der Waals surface area (Å²) in [4.78, 5) is 12.7. The topological polar surface area (TPSA) is 37.3 Å². The van der Waals surface area contributed by atoms with Crippen LogP contribution in [0.5, 0.6) is 0 Å². The van der Waals surface area contributed by atoms with Gasteiger partial charge in [-0.25, -0.2) is 0 Å². The third kappa shape index (κ3) is 1.40. The highest BCUT2D eigenvalue weighted by Crippen LogP contribution is 2.66. The second kappa shape index (κ2) is 3.72. The van der Waals surface area contributed by atoms with Crippen LogP contribution in [0.4, 0.5) is 0 Å². The largest absolute Gasteiger partial charge is 0.507 e. The zero-order chi connectivity index (χ0) is 13.8. The first-order chi connectivity index (χ1) is 8.89. The minimum Gasteiger partial charge on any atom is -0.507 e. The van der Waals surface area contributed by atoms with E-state index in [0.29, 0.717) is 5.57 Å². The van der Waals surface area contributed by atoms with Gasteiger partial charge in [0.15, 0.2) is 5.78 Å². The van der Waals surface area contributed by atoms with Crippen molar-refractivity contribution < 1.29 is 9.90 Å². The van der Waals surface area contributed by atoms with Gasteiger partial charge in [-0.15, -0.1) is 0 Å². The number of carbonyl (C=O) groups excluding carboxylic acids is 1. The van der Waals surface area contributed by atoms with Gasteiger partial charge < -0.3 is 5.11 Å². The van der Waals surface area contributed by atoms with Crippen LogP contribution >= 0.6 is 0 Å². The van der Waals surface area contributed by atoms with Crippen molar-refractivity contribution in [2.75, 3.05) is 0 Å². The fraction of sp³-hybridized carbons (Fsp3) is 0.471. The van der Waals surface area contributed by atoms with Gasteiger partial charge in [-0.1, -0.05) is 51.1 Å². The van der Waals surface area contributed by atoms with E-state index in [1.54, 1.807) is 0 Å². The predicted molar refractivity (Wildman–Crippen MR) is 75.6 cm³/mol. The van der Waals surface area contributed by atoms with Crippen LogP contribution < -0.4 is 0 Å². The molecule has 1 aromatic rings. The Morgan fingerprint density at radius 3 is 2.37 bits per heavy atom. The molecular formula is C17H20O2. The van der Waals surface area contributed by atoms with Gasteiger partial charge in [0, 0.05) is 16.6 Å². The van der Waals surface area contributed by atoms with Crippen molar-refractivity contribution >= 4 is 11.5 Å². The van der Waals surface area contributed by atoms with E-state index in [-0.39, 0.29) is 28.3 Å². The molecule has 2 bridgehead atoms. The lowest BCUT2D eigenvalue weighted by Crippen LogP contribution is -2.32. The molecule has 2 aliphatic rings. The lowest BCUT2D eigenvalue weighted by atomic mass is 9.70. The number of aliphatic hydroxyl groups is 1. The molecule has 1 aromatic carbocycles. The summed E-state index contributed by atoms with van der Waals surface area (Å²) in [5.41, 5.74) is 1.04. The number of rotatable bonds is 1. The molecule has 100 valence electrons. The minimum atomic E-state index is -0.310. The molecule has 0 saturated heterocycles. The first-order valence-corrected chi connectivity index (χ1v) is 6.93. The van der Waals surface area contributed by atoms with Gasteiger partial charge in [-0.3, -0.25) is 4.79 Å². The maximum absolute atomic E-state index is 12.7. The number of Topliss-reactive ketones (excluding diaryl/α,β-unsaturated/α-hetero) is 1. The molecule has 2 unspecified atom stereocenters. The Bertz CT molecular complexity index is 568. The fourth-order valence-corrected chi connectivity index (χ4v) is 3.89. The summed E-state index contributed by atoms with van der Waals surface area (Å²) in [5, 5.41) is 10.5. The quantitative estimate of drug-likeness (QED) is 0.609. The Hall–Kier alpha value is -1.57. The summed E-state index contributed by atoms with van der Waals surface area (Å²) in [6.45, 7) is 6.38. The van der Waals surface area contributed by atoms with Crippen LogP contribution in [0.25, 0.3) is 5.76 Å². The van der Waals surface area contributed by atoms with E-state index in [9.17, 15) is 9.90 Å². The molecule has 2 atom stereocenters. The first kappa shape index (κ1) is 12.5. The predicted octanol–water partition coefficient (Wildman–Crippen LogP) is 3.98. The molecule has 0 amide bonds. The lowest BCUT2D eigenvalue weighted by molar-refractivity contribution is -0.125. The number of hydrogen-bond donors (Lipinski definition) is 1. The van der Waals surface area contributed by atoms with Crippen LogP contribution in [-0.4, -0.2) is 10.9 Å². The molecule has 2 nitrogen and oxygen atoms in total. The molecular weight excluding hydrogens is 236 g/mol. The number of carbonyl (C=O) groups is 1. The van der Waals surface area contributed by atoms with Crippen molar-refractivity contribution in [2.45, 2.75) is 33.6 Å². The third-order valence-electron chi connectivity index (χ3n) is 5.62. The van der Waals surface area contributed by atoms with E-state index >= 15 is 0 Å². The first-order valence-electron chi connectivity index (χ1n) is 6.93. The third-order valence-corrected chi connectivity index (χ3v) is 5.62. The van der Waals surface area contributed by atoms with Gasteiger partial charge in [0.1, 0.15) is 5.76 Å². The minimum absolute atomic E-state index is 0.0534. The average molecular weight is 256 g/mol. The van der Waals surface area contributed by atoms with E-state index in [1.807, 2.05) is 30.3 Å². The van der Waals surface area contributed by atoms with Crippen LogP contribution in [0.15, 0.2) is 35.9 Å². The highest BCUT2D eigenvalue weighted by molar-refractivity contribution is 6.09. The molecule has 3 rings (SSSR count). The molecule has 0 spiro atoms. The Morgan fingerprint density at radius 1 is 1.21 bits per heavy atom. The Morgan fingerprint density at radius 2 is 1.84 bits per heavy atom. The molecule has 0 aromatic heterocycles. The van der Waals surface area contributed by atoms with Crippen LogP contribution in [-0.2, 0) is 4.79 Å². The number of ketones is 1. The van der Waals surface area contributed by atoms with Crippen LogP contribution in [0.1, 0.15) is 39.2 Å². The average Bonchev–Trinajstić information content (AvgIpc) is 2.71. The molecule has 2 heteroatoms. The standard InChI is InChI=1S/C17H20O2/c1-16(2)12-9-10-17(16,3)15(19)13(12)14(18)11-7-5-4-6-8-11/h4-8,12,18H,9-10H2,1-3H3. The van der Waals surface area contributed by atoms with Gasteiger partial charge in [0.2, 0.25) is 0 Å². The summed E-state index contributed by atoms with van der Waals surface area (Å²) >= 11 is 0. The molecule has 19 heavy (non-hydrogen) atoms. The van der Waals surface area contributed by atoms with E-state index < -0.39 is 0 Å². The van der Waals surface area contributed by atoms with Crippen LogP contribution in [0.2, 0.25) is 0 Å². The van der Waals surface area contributed by atoms with E-state index in [2.05, 4.69) is 20.8 Å². The van der Waals surface area contributed by atoms with E-state index in [1.165, 1.54) is 0 Å². The number of allylic oxidation sites excluding steroid dienone is 1. The maximum atomic E-state index is 12.7. The highest BCUT2D eigenvalue weighted by Gasteiger charge is 2.64. The van der Waals surface area contributed by atoms with Crippen molar-refractivity contribution in [3.63, 3.8) is 0 Å². The van der Waals surface area contributed by atoms with Gasteiger partial charge in [-0.05, 0) is 24.2 Å². The second-order valence-corrected chi connectivity index (χ2v) is 6.60. The smallest absolute Gasteiger partial charge is 0.169 e. The van der Waals surface area contributed by atoms with Gasteiger partial charge >= 0.3 is 0 Å². The lowest BCUT2D eigenvalue weighted by Gasteiger charge is -2.31. The van der Waals surface area contributed by atoms with Gasteiger partial charge in [0.25, 0.3) is 0 Å². The van der Waals surface area contributed by atoms with Gasteiger partial charge in [0.05, 0.1) is 0 Å². The Labute approximate surface area is 114 Å². The van der Waals surface area contributed by atoms with Crippen molar-refractivity contribution in [3.05, 3.63) is 41.5 Å². The molecule has 0 aliphatic heterocycles. The fourth-order valence-electron chi connectivity index (χ4n) is 3.89. The molecule has 2 fully saturated rings. The summed E-state index contributed by atoms with van der Waals surface area (Å²) in [7, 11) is 0. The van der Waals surface area contributed by atoms with Crippen LogP contribution in [0.3, 0.4) is 0 Å². The van der Waals surface area contributed by atoms with Gasteiger partial charge in [-0.2, -0.15) is 0 Å². The Balaban J connectivity index is 2.16. The zero-order valence-corrected chi connectivity index (χ0v) is 11.7. The maximum Gasteiger partial charge on any atom is 0.169 e. The summed E-state index contributed by atoms with van der Waals surface area (Å²) < 4.78 is 0.